The van der Waals surface area contributed by atoms with Crippen molar-refractivity contribution in [3.63, 3.8) is 0 Å². The minimum atomic E-state index is -0.437. The minimum Gasteiger partial charge on any atom is -0.399 e. The second-order valence-corrected chi connectivity index (χ2v) is 11.0. The summed E-state index contributed by atoms with van der Waals surface area (Å²) >= 11 is 0. The lowest BCUT2D eigenvalue weighted by molar-refractivity contribution is 0.0909. The first-order valence-electron chi connectivity index (χ1n) is 14.0. The maximum Gasteiger partial charge on any atom is 0.266 e. The van der Waals surface area contributed by atoms with E-state index >= 15 is 0 Å². The normalized spacial score (nSPS) is 14.0. The average molecular weight is 579 g/mol. The van der Waals surface area contributed by atoms with Crippen molar-refractivity contribution in [3.05, 3.63) is 130 Å². The Bertz CT molecular complexity index is 1930. The molecular weight excluding hydrogens is 552 g/mol. The lowest BCUT2D eigenvalue weighted by atomic mass is 10.00. The Morgan fingerprint density at radius 2 is 0.727 bits per heavy atom. The van der Waals surface area contributed by atoms with Crippen LogP contribution in [-0.2, 0) is 0 Å². The average Bonchev–Trinajstić information content (AvgIpc) is 3.42. The van der Waals surface area contributed by atoms with E-state index in [0.717, 1.165) is 32.1 Å². The number of anilines is 4. The van der Waals surface area contributed by atoms with E-state index in [1.165, 1.54) is 0 Å². The first-order valence-corrected chi connectivity index (χ1v) is 14.0. The predicted octanol–water partition coefficient (Wildman–Crippen LogP) is 6.40. The van der Waals surface area contributed by atoms with E-state index in [-0.39, 0.29) is 0 Å². The Labute approximate surface area is 253 Å². The first kappa shape index (κ1) is 26.9. The molecule has 0 saturated carbocycles. The Morgan fingerprint density at radius 3 is 1.09 bits per heavy atom. The zero-order valence-corrected chi connectivity index (χ0v) is 23.9. The molecule has 7 rings (SSSR count). The van der Waals surface area contributed by atoms with Gasteiger partial charge in [0.2, 0.25) is 0 Å². The van der Waals surface area contributed by atoms with Crippen LogP contribution in [0.25, 0.3) is 22.3 Å². The van der Waals surface area contributed by atoms with Crippen molar-refractivity contribution in [2.24, 2.45) is 0 Å². The summed E-state index contributed by atoms with van der Waals surface area (Å²) in [5.41, 5.74) is 19.5. The van der Waals surface area contributed by atoms with Crippen LogP contribution in [0.5, 0.6) is 0 Å². The topological polar surface area (TPSA) is 127 Å². The summed E-state index contributed by atoms with van der Waals surface area (Å²) in [6.45, 7) is 3.55. The van der Waals surface area contributed by atoms with Crippen molar-refractivity contribution in [2.45, 2.75) is 13.8 Å². The van der Waals surface area contributed by atoms with Gasteiger partial charge in [0.25, 0.3) is 23.6 Å². The third kappa shape index (κ3) is 3.99. The monoisotopic (exact) mass is 578 g/mol. The third-order valence-electron chi connectivity index (χ3n) is 8.47. The van der Waals surface area contributed by atoms with Gasteiger partial charge in [-0.15, -0.1) is 0 Å². The standard InChI is InChI=1S/C36H26N4O4/c1-19-20(2)32(40-34(42)28-14-8-24(18-30(28)36(40)44)22-5-11-26(38)12-6-22)16-15-31(19)39-33(41)27-13-7-23(17-29(27)35(39)43)21-3-9-25(37)10-4-21/h3-18H,37-38H2,1-2H3. The van der Waals surface area contributed by atoms with Crippen molar-refractivity contribution < 1.29 is 19.2 Å². The molecule has 8 heteroatoms. The molecule has 0 unspecified atom stereocenters. The number of carbonyl (C=O) groups is 4. The van der Waals surface area contributed by atoms with Crippen molar-refractivity contribution in [1.29, 1.82) is 0 Å². The molecule has 5 aromatic rings. The maximum absolute atomic E-state index is 13.6. The van der Waals surface area contributed by atoms with Gasteiger partial charge in [-0.05, 0) is 108 Å². The van der Waals surface area contributed by atoms with Crippen molar-refractivity contribution in [3.8, 4) is 22.3 Å². The molecule has 4 N–H and O–H groups in total. The molecule has 2 aliphatic rings. The van der Waals surface area contributed by atoms with E-state index in [9.17, 15) is 19.2 Å². The predicted molar refractivity (Wildman–Crippen MR) is 171 cm³/mol. The molecule has 8 nitrogen and oxygen atoms in total. The molecule has 0 aliphatic carbocycles. The molecule has 4 amide bonds. The lowest BCUT2D eigenvalue weighted by Crippen LogP contribution is -2.32. The second kappa shape index (κ2) is 9.78. The summed E-state index contributed by atoms with van der Waals surface area (Å²) in [5, 5.41) is 0. The van der Waals surface area contributed by atoms with Crippen LogP contribution in [0.1, 0.15) is 52.6 Å². The van der Waals surface area contributed by atoms with Gasteiger partial charge in [0.15, 0.2) is 0 Å². The maximum atomic E-state index is 13.6. The van der Waals surface area contributed by atoms with E-state index in [1.54, 1.807) is 86.6 Å². The number of nitrogens with zero attached hydrogens (tertiary/aromatic N) is 2. The Morgan fingerprint density at radius 1 is 0.409 bits per heavy atom. The smallest absolute Gasteiger partial charge is 0.266 e. The van der Waals surface area contributed by atoms with E-state index in [1.807, 2.05) is 24.3 Å². The van der Waals surface area contributed by atoms with Gasteiger partial charge in [-0.25, -0.2) is 9.80 Å². The summed E-state index contributed by atoms with van der Waals surface area (Å²) in [5.74, 6) is -1.73. The van der Waals surface area contributed by atoms with E-state index in [2.05, 4.69) is 0 Å². The summed E-state index contributed by atoms with van der Waals surface area (Å²) in [7, 11) is 0. The lowest BCUT2D eigenvalue weighted by Gasteiger charge is -2.23. The number of carbonyl (C=O) groups excluding carboxylic acids is 4. The van der Waals surface area contributed by atoms with Gasteiger partial charge < -0.3 is 11.5 Å². The van der Waals surface area contributed by atoms with Crippen LogP contribution in [-0.4, -0.2) is 23.6 Å². The van der Waals surface area contributed by atoms with Crippen molar-refractivity contribution in [2.75, 3.05) is 21.3 Å². The second-order valence-electron chi connectivity index (χ2n) is 11.0. The number of nitrogen functional groups attached to an aromatic ring is 2. The SMILES string of the molecule is Cc1c(N2C(=O)c3ccc(-c4ccc(N)cc4)cc3C2=O)ccc(N2C(=O)c3ccc(-c4ccc(N)cc4)cc3C2=O)c1C. The number of amides is 4. The molecule has 0 spiro atoms. The van der Waals surface area contributed by atoms with Gasteiger partial charge >= 0.3 is 0 Å². The number of rotatable bonds is 4. The first-order chi connectivity index (χ1) is 21.1. The molecule has 0 saturated heterocycles. The highest BCUT2D eigenvalue weighted by atomic mass is 16.2. The molecule has 2 aliphatic heterocycles. The van der Waals surface area contributed by atoms with Crippen LogP contribution in [0.4, 0.5) is 22.7 Å². The fourth-order valence-corrected chi connectivity index (χ4v) is 5.91. The molecule has 0 bridgehead atoms. The summed E-state index contributed by atoms with van der Waals surface area (Å²) < 4.78 is 0. The number of hydrogen-bond donors (Lipinski definition) is 2. The molecule has 214 valence electrons. The summed E-state index contributed by atoms with van der Waals surface area (Å²) in [6, 6.07) is 28.2. The Balaban J connectivity index is 1.21. The van der Waals surface area contributed by atoms with Gasteiger partial charge in [-0.2, -0.15) is 0 Å². The summed E-state index contributed by atoms with van der Waals surface area (Å²) in [4.78, 5) is 56.6. The molecule has 0 radical (unpaired) electrons. The molecule has 0 atom stereocenters. The number of imide groups is 2. The number of fused-ring (bicyclic) bond motifs is 2. The van der Waals surface area contributed by atoms with Crippen LogP contribution < -0.4 is 21.3 Å². The van der Waals surface area contributed by atoms with Crippen LogP contribution in [0.2, 0.25) is 0 Å². The molecule has 2 heterocycles. The van der Waals surface area contributed by atoms with Gasteiger partial charge in [-0.1, -0.05) is 36.4 Å². The molecule has 0 aromatic heterocycles. The van der Waals surface area contributed by atoms with Crippen LogP contribution in [0.3, 0.4) is 0 Å². The fourth-order valence-electron chi connectivity index (χ4n) is 5.91. The Kier molecular flexibility index (Phi) is 5.97. The van der Waals surface area contributed by atoms with E-state index < -0.39 is 23.6 Å². The molecule has 0 fully saturated rings. The zero-order chi connectivity index (χ0) is 30.9. The minimum absolute atomic E-state index is 0.308. The number of hydrogen-bond acceptors (Lipinski definition) is 6. The molecule has 44 heavy (non-hydrogen) atoms. The summed E-state index contributed by atoms with van der Waals surface area (Å²) in [6.07, 6.45) is 0. The van der Waals surface area contributed by atoms with E-state index in [0.29, 0.717) is 56.1 Å². The largest absolute Gasteiger partial charge is 0.399 e. The van der Waals surface area contributed by atoms with Gasteiger partial charge in [0, 0.05) is 11.4 Å². The quantitative estimate of drug-likeness (QED) is 0.188. The van der Waals surface area contributed by atoms with Crippen LogP contribution >= 0.6 is 0 Å². The van der Waals surface area contributed by atoms with Crippen LogP contribution in [0, 0.1) is 13.8 Å². The highest BCUT2D eigenvalue weighted by Crippen LogP contribution is 2.39. The van der Waals surface area contributed by atoms with E-state index in [4.69, 9.17) is 11.5 Å². The van der Waals surface area contributed by atoms with Crippen molar-refractivity contribution >= 4 is 46.4 Å². The van der Waals surface area contributed by atoms with Gasteiger partial charge in [-0.3, -0.25) is 19.2 Å². The van der Waals surface area contributed by atoms with Crippen LogP contribution in [0.15, 0.2) is 97.1 Å². The molecule has 5 aromatic carbocycles. The highest BCUT2D eigenvalue weighted by Gasteiger charge is 2.40. The van der Waals surface area contributed by atoms with Crippen molar-refractivity contribution in [1.82, 2.24) is 0 Å². The number of benzene rings is 5. The van der Waals surface area contributed by atoms with Gasteiger partial charge in [0.05, 0.1) is 33.6 Å². The molecular formula is C36H26N4O4. The van der Waals surface area contributed by atoms with Gasteiger partial charge in [0.1, 0.15) is 0 Å². The highest BCUT2D eigenvalue weighted by molar-refractivity contribution is 6.36. The Hall–Kier alpha value is -6.02. The zero-order valence-electron chi connectivity index (χ0n) is 23.9. The third-order valence-corrected chi connectivity index (χ3v) is 8.47. The fraction of sp³-hybridized carbons (Fsp3) is 0.0556. The number of nitrogens with two attached hydrogens (primary N) is 2.